The first-order valence-electron chi connectivity index (χ1n) is 9.88. The van der Waals surface area contributed by atoms with E-state index in [9.17, 15) is 0 Å². The zero-order valence-electron chi connectivity index (χ0n) is 16.9. The molecule has 4 nitrogen and oxygen atoms in total. The first-order chi connectivity index (χ1) is 14.0. The van der Waals surface area contributed by atoms with E-state index in [0.717, 1.165) is 44.4 Å². The van der Waals surface area contributed by atoms with E-state index in [1.807, 2.05) is 11.8 Å². The lowest BCUT2D eigenvalue weighted by molar-refractivity contribution is -0.0400. The number of thioether (sulfide) groups is 1. The van der Waals surface area contributed by atoms with Crippen molar-refractivity contribution < 1.29 is 4.74 Å². The molecular weight excluding hydrogens is 398 g/mol. The Morgan fingerprint density at radius 1 is 1.14 bits per heavy atom. The van der Waals surface area contributed by atoms with Gasteiger partial charge in [0.05, 0.1) is 22.4 Å². The van der Waals surface area contributed by atoms with E-state index in [2.05, 4.69) is 61.1 Å². The van der Waals surface area contributed by atoms with Crippen LogP contribution >= 0.6 is 23.1 Å². The third kappa shape index (κ3) is 3.54. The number of aromatic nitrogens is 3. The molecule has 4 aromatic rings. The summed E-state index contributed by atoms with van der Waals surface area (Å²) in [6.45, 7) is 7.03. The summed E-state index contributed by atoms with van der Waals surface area (Å²) in [5.74, 6) is 0.996. The third-order valence-electron chi connectivity index (χ3n) is 5.47. The van der Waals surface area contributed by atoms with Crippen molar-refractivity contribution in [3.05, 3.63) is 59.0 Å². The molecule has 0 spiro atoms. The molecule has 1 aliphatic rings. The van der Waals surface area contributed by atoms with Crippen LogP contribution in [0.3, 0.4) is 0 Å². The van der Waals surface area contributed by atoms with Gasteiger partial charge in [0.25, 0.3) is 0 Å². The maximum Gasteiger partial charge on any atom is 0.126 e. The molecule has 1 aliphatic heterocycles. The molecule has 6 heteroatoms. The summed E-state index contributed by atoms with van der Waals surface area (Å²) in [4.78, 5) is 15.3. The molecule has 0 saturated heterocycles. The molecular formula is C23H23N3OS2. The Hall–Kier alpha value is -2.02. The van der Waals surface area contributed by atoms with Crippen molar-refractivity contribution in [3.63, 3.8) is 0 Å². The highest BCUT2D eigenvalue weighted by Crippen LogP contribution is 2.42. The highest BCUT2D eigenvalue weighted by atomic mass is 32.2. The van der Waals surface area contributed by atoms with E-state index in [-0.39, 0.29) is 5.60 Å². The van der Waals surface area contributed by atoms with E-state index >= 15 is 0 Å². The van der Waals surface area contributed by atoms with E-state index in [1.54, 1.807) is 17.7 Å². The van der Waals surface area contributed by atoms with Crippen LogP contribution in [0.4, 0.5) is 0 Å². The summed E-state index contributed by atoms with van der Waals surface area (Å²) in [7, 11) is 0. The van der Waals surface area contributed by atoms with Crippen LogP contribution in [0.5, 0.6) is 0 Å². The average Bonchev–Trinajstić information content (AvgIpc) is 3.07. The molecule has 29 heavy (non-hydrogen) atoms. The van der Waals surface area contributed by atoms with Crippen molar-refractivity contribution in [1.29, 1.82) is 0 Å². The minimum absolute atomic E-state index is 0.164. The quantitative estimate of drug-likeness (QED) is 0.311. The zero-order valence-corrected chi connectivity index (χ0v) is 18.5. The number of aryl methyl sites for hydroxylation is 2. The predicted molar refractivity (Wildman–Crippen MR) is 121 cm³/mol. The van der Waals surface area contributed by atoms with Gasteiger partial charge in [0.1, 0.15) is 16.2 Å². The van der Waals surface area contributed by atoms with Crippen LogP contribution in [-0.4, -0.2) is 26.3 Å². The lowest BCUT2D eigenvalue weighted by Gasteiger charge is -2.32. The highest BCUT2D eigenvalue weighted by Gasteiger charge is 2.30. The molecule has 4 heterocycles. The molecule has 0 fully saturated rings. The maximum atomic E-state index is 6.06. The van der Waals surface area contributed by atoms with Gasteiger partial charge in [-0.25, -0.2) is 15.0 Å². The van der Waals surface area contributed by atoms with Crippen molar-refractivity contribution >= 4 is 43.5 Å². The summed E-state index contributed by atoms with van der Waals surface area (Å²) in [5.41, 5.74) is 5.89. The van der Waals surface area contributed by atoms with Gasteiger partial charge >= 0.3 is 0 Å². The molecule has 0 unspecified atom stereocenters. The van der Waals surface area contributed by atoms with Gasteiger partial charge in [0.2, 0.25) is 0 Å². The highest BCUT2D eigenvalue weighted by molar-refractivity contribution is 7.99. The lowest BCUT2D eigenvalue weighted by Crippen LogP contribution is -2.32. The van der Waals surface area contributed by atoms with Crippen LogP contribution in [-0.2, 0) is 24.2 Å². The largest absolute Gasteiger partial charge is 0.370 e. The van der Waals surface area contributed by atoms with Crippen molar-refractivity contribution in [2.45, 2.75) is 50.8 Å². The van der Waals surface area contributed by atoms with E-state index in [4.69, 9.17) is 9.72 Å². The van der Waals surface area contributed by atoms with Crippen molar-refractivity contribution in [3.8, 4) is 0 Å². The Labute approximate surface area is 178 Å². The molecule has 0 radical (unpaired) electrons. The maximum absolute atomic E-state index is 6.06. The number of nitrogens with zero attached hydrogens (tertiary/aromatic N) is 3. The number of rotatable bonds is 4. The van der Waals surface area contributed by atoms with Crippen LogP contribution in [0.25, 0.3) is 20.4 Å². The number of benzene rings is 1. The van der Waals surface area contributed by atoms with Crippen LogP contribution in [0.1, 0.15) is 36.2 Å². The Bertz CT molecular complexity index is 1200. The number of hydrogen-bond acceptors (Lipinski definition) is 6. The summed E-state index contributed by atoms with van der Waals surface area (Å²) in [5, 5.41) is 2.26. The van der Waals surface area contributed by atoms with Gasteiger partial charge in [0.15, 0.2) is 0 Å². The van der Waals surface area contributed by atoms with Gasteiger partial charge in [-0.05, 0) is 38.3 Å². The van der Waals surface area contributed by atoms with Crippen molar-refractivity contribution in [1.82, 2.24) is 15.0 Å². The molecule has 0 amide bonds. The third-order valence-corrected chi connectivity index (χ3v) is 7.67. The number of thiophene rings is 1. The Morgan fingerprint density at radius 3 is 2.79 bits per heavy atom. The summed E-state index contributed by atoms with van der Waals surface area (Å²) in [6.07, 6.45) is 3.62. The predicted octanol–water partition coefficient (Wildman–Crippen LogP) is 5.73. The number of hydrogen-bond donors (Lipinski definition) is 0. The second-order valence-corrected chi connectivity index (χ2v) is 10.2. The minimum atomic E-state index is -0.164. The van der Waals surface area contributed by atoms with Crippen LogP contribution in [0.2, 0.25) is 0 Å². The number of ether oxygens (including phenoxy) is 1. The number of pyridine rings is 1. The first kappa shape index (κ1) is 19.0. The summed E-state index contributed by atoms with van der Waals surface area (Å²) in [6, 6.07) is 10.6. The van der Waals surface area contributed by atoms with Gasteiger partial charge in [-0.2, -0.15) is 0 Å². The molecule has 0 saturated carbocycles. The monoisotopic (exact) mass is 421 g/mol. The van der Waals surface area contributed by atoms with Crippen LogP contribution in [0, 0.1) is 6.92 Å². The minimum Gasteiger partial charge on any atom is -0.370 e. The molecule has 0 atom stereocenters. The fourth-order valence-electron chi connectivity index (χ4n) is 3.96. The van der Waals surface area contributed by atoms with Crippen molar-refractivity contribution in [2.75, 3.05) is 5.75 Å². The van der Waals surface area contributed by atoms with E-state index < -0.39 is 0 Å². The zero-order chi connectivity index (χ0) is 20.0. The molecule has 5 rings (SSSR count). The fraction of sp³-hybridized carbons (Fsp3) is 0.348. The second kappa shape index (κ2) is 7.35. The Kier molecular flexibility index (Phi) is 4.81. The number of fused-ring (bicyclic) bond motifs is 5. The molecule has 0 bridgehead atoms. The molecule has 3 aromatic heterocycles. The first-order valence-corrected chi connectivity index (χ1v) is 11.7. The van der Waals surface area contributed by atoms with Gasteiger partial charge in [-0.15, -0.1) is 23.1 Å². The van der Waals surface area contributed by atoms with Crippen LogP contribution in [0.15, 0.2) is 41.7 Å². The normalized spacial score (nSPS) is 15.7. The van der Waals surface area contributed by atoms with Gasteiger partial charge in [-0.3, -0.25) is 0 Å². The van der Waals surface area contributed by atoms with Gasteiger partial charge in [-0.1, -0.05) is 30.3 Å². The Balaban J connectivity index is 1.55. The van der Waals surface area contributed by atoms with Gasteiger partial charge < -0.3 is 4.74 Å². The fourth-order valence-corrected chi connectivity index (χ4v) is 6.23. The lowest BCUT2D eigenvalue weighted by atomic mass is 9.89. The SMILES string of the molecule is Cc1nc2sc3c(SCCc4ccccc4)ncnc3c2c2c1COC(C)(C)C2. The van der Waals surface area contributed by atoms with Crippen molar-refractivity contribution in [2.24, 2.45) is 0 Å². The van der Waals surface area contributed by atoms with Gasteiger partial charge in [0, 0.05) is 28.8 Å². The molecule has 1 aromatic carbocycles. The Morgan fingerprint density at radius 2 is 1.97 bits per heavy atom. The average molecular weight is 422 g/mol. The molecule has 148 valence electrons. The van der Waals surface area contributed by atoms with E-state index in [1.165, 1.54) is 22.1 Å². The topological polar surface area (TPSA) is 47.9 Å². The standard InChI is InChI=1S/C23H23N3OS2/c1-14-17-12-27-23(2,3)11-16(17)18-19-20(29-21(18)26-14)22(25-13-24-19)28-10-9-15-7-5-4-6-8-15/h4-8,13H,9-12H2,1-3H3. The van der Waals surface area contributed by atoms with E-state index in [0.29, 0.717) is 6.61 Å². The molecule has 0 aliphatic carbocycles. The van der Waals surface area contributed by atoms with Crippen LogP contribution < -0.4 is 0 Å². The summed E-state index contributed by atoms with van der Waals surface area (Å²) < 4.78 is 7.21. The smallest absolute Gasteiger partial charge is 0.126 e. The second-order valence-electron chi connectivity index (χ2n) is 8.10. The molecule has 0 N–H and O–H groups in total. The summed E-state index contributed by atoms with van der Waals surface area (Å²) >= 11 is 3.53.